The zero-order chi connectivity index (χ0) is 17.1. The first-order valence-corrected chi connectivity index (χ1v) is 7.28. The highest BCUT2D eigenvalue weighted by Gasteiger charge is 2.14. The number of fused-ring (bicyclic) bond motifs is 1. The molecule has 0 atom stereocenters. The summed E-state index contributed by atoms with van der Waals surface area (Å²) in [5, 5.41) is 16.0. The summed E-state index contributed by atoms with van der Waals surface area (Å²) >= 11 is 0. The van der Waals surface area contributed by atoms with E-state index in [1.165, 1.54) is 10.8 Å². The van der Waals surface area contributed by atoms with Crippen LogP contribution in [0.2, 0.25) is 0 Å². The number of nitrogens with zero attached hydrogens (tertiary/aromatic N) is 6. The third kappa shape index (κ3) is 2.81. The maximum Gasteiger partial charge on any atom is 0.254 e. The van der Waals surface area contributed by atoms with Crippen molar-refractivity contribution in [3.8, 4) is 6.07 Å². The predicted molar refractivity (Wildman–Crippen MR) is 86.2 cm³/mol. The molecule has 0 aromatic carbocycles. The zero-order valence-electron chi connectivity index (χ0n) is 13.0. The minimum absolute atomic E-state index is 0.0960. The smallest absolute Gasteiger partial charge is 0.254 e. The van der Waals surface area contributed by atoms with Gasteiger partial charge in [0, 0.05) is 29.9 Å². The summed E-state index contributed by atoms with van der Waals surface area (Å²) in [6, 6.07) is 5.42. The Kier molecular flexibility index (Phi) is 4.20. The van der Waals surface area contributed by atoms with E-state index in [0.717, 1.165) is 11.3 Å². The Morgan fingerprint density at radius 1 is 1.38 bits per heavy atom. The van der Waals surface area contributed by atoms with E-state index in [-0.39, 0.29) is 6.54 Å². The lowest BCUT2D eigenvalue weighted by Crippen LogP contribution is -2.11. The Labute approximate surface area is 137 Å². The molecule has 3 aromatic rings. The molecule has 0 bridgehead atoms. The van der Waals surface area contributed by atoms with Gasteiger partial charge in [0.05, 0.1) is 5.56 Å². The Balaban J connectivity index is 1.98. The highest BCUT2D eigenvalue weighted by Crippen LogP contribution is 2.21. The number of aromatic nitrogens is 5. The molecule has 9 heteroatoms. The van der Waals surface area contributed by atoms with Gasteiger partial charge in [-0.1, -0.05) is 0 Å². The lowest BCUT2D eigenvalue weighted by molar-refractivity contribution is 0.512. The molecule has 3 aromatic heterocycles. The maximum absolute atomic E-state index is 12.4. The highest BCUT2D eigenvalue weighted by atomic mass is 19.1. The summed E-state index contributed by atoms with van der Waals surface area (Å²) in [7, 11) is 0. The van der Waals surface area contributed by atoms with Crippen LogP contribution in [0.1, 0.15) is 22.5 Å². The van der Waals surface area contributed by atoms with Gasteiger partial charge in [0.1, 0.15) is 30.7 Å². The number of nitrogens with two attached hydrogens (primary N) is 1. The molecule has 0 aliphatic rings. The van der Waals surface area contributed by atoms with Crippen LogP contribution in [-0.2, 0) is 6.42 Å². The molecule has 0 spiro atoms. The van der Waals surface area contributed by atoms with Crippen LogP contribution in [0.3, 0.4) is 0 Å². The summed E-state index contributed by atoms with van der Waals surface area (Å²) in [5.74, 6) is 1.24. The van der Waals surface area contributed by atoms with Gasteiger partial charge in [0.2, 0.25) is 0 Å². The summed E-state index contributed by atoms with van der Waals surface area (Å²) in [6.07, 6.45) is 1.80. The van der Waals surface area contributed by atoms with Crippen molar-refractivity contribution in [1.82, 2.24) is 24.6 Å². The van der Waals surface area contributed by atoms with Crippen LogP contribution >= 0.6 is 0 Å². The Hall–Kier alpha value is -3.28. The van der Waals surface area contributed by atoms with Crippen LogP contribution in [0.4, 0.5) is 16.0 Å². The van der Waals surface area contributed by atoms with Crippen LogP contribution in [0.5, 0.6) is 0 Å². The van der Waals surface area contributed by atoms with Crippen LogP contribution in [-0.4, -0.2) is 37.8 Å². The van der Waals surface area contributed by atoms with Crippen molar-refractivity contribution in [2.24, 2.45) is 0 Å². The first kappa shape index (κ1) is 15.6. The van der Waals surface area contributed by atoms with Crippen molar-refractivity contribution in [2.75, 3.05) is 24.3 Å². The lowest BCUT2D eigenvalue weighted by atomic mass is 10.1. The molecule has 0 radical (unpaired) electrons. The highest BCUT2D eigenvalue weighted by molar-refractivity contribution is 5.54. The van der Waals surface area contributed by atoms with E-state index in [2.05, 4.69) is 25.4 Å². The molecule has 0 unspecified atom stereocenters. The fourth-order valence-corrected chi connectivity index (χ4v) is 2.40. The van der Waals surface area contributed by atoms with E-state index < -0.39 is 6.67 Å². The molecule has 0 amide bonds. The standard InChI is InChI=1S/C15H15FN8/c1-9-12(13(18)24-15(22-9)20-8-21-24)6-11-3-2-10(7-17)14(23-11)19-5-4-16/h2-3,8H,4-6,18H2,1H3,(H,19,23). The van der Waals surface area contributed by atoms with Gasteiger partial charge in [0.25, 0.3) is 5.78 Å². The van der Waals surface area contributed by atoms with Crippen molar-refractivity contribution in [2.45, 2.75) is 13.3 Å². The summed E-state index contributed by atoms with van der Waals surface area (Å²) in [4.78, 5) is 12.8. The van der Waals surface area contributed by atoms with Crippen LogP contribution in [0.25, 0.3) is 5.78 Å². The SMILES string of the molecule is Cc1nc2ncnn2c(N)c1Cc1ccc(C#N)c(NCCF)n1. The van der Waals surface area contributed by atoms with Gasteiger partial charge in [0.15, 0.2) is 0 Å². The first-order chi connectivity index (χ1) is 11.6. The average Bonchev–Trinajstić information content (AvgIpc) is 3.05. The minimum atomic E-state index is -0.546. The molecule has 8 nitrogen and oxygen atoms in total. The zero-order valence-corrected chi connectivity index (χ0v) is 13.0. The number of anilines is 2. The van der Waals surface area contributed by atoms with Gasteiger partial charge in [-0.3, -0.25) is 0 Å². The van der Waals surface area contributed by atoms with Crippen LogP contribution in [0.15, 0.2) is 18.5 Å². The molecule has 0 saturated carbocycles. The van der Waals surface area contributed by atoms with Crippen LogP contribution < -0.4 is 11.1 Å². The fourth-order valence-electron chi connectivity index (χ4n) is 2.40. The summed E-state index contributed by atoms with van der Waals surface area (Å²) in [6.45, 7) is 1.39. The molecular weight excluding hydrogens is 311 g/mol. The Morgan fingerprint density at radius 2 is 2.21 bits per heavy atom. The molecule has 0 fully saturated rings. The van der Waals surface area contributed by atoms with Gasteiger partial charge < -0.3 is 11.1 Å². The van der Waals surface area contributed by atoms with Gasteiger partial charge in [-0.25, -0.2) is 14.4 Å². The molecule has 3 rings (SSSR count). The number of pyridine rings is 1. The second-order valence-electron chi connectivity index (χ2n) is 5.14. The number of nitriles is 1. The fraction of sp³-hybridized carbons (Fsp3) is 0.267. The number of nitrogen functional groups attached to an aromatic ring is 1. The first-order valence-electron chi connectivity index (χ1n) is 7.28. The molecule has 0 aliphatic carbocycles. The van der Waals surface area contributed by atoms with Gasteiger partial charge >= 0.3 is 0 Å². The van der Waals surface area contributed by atoms with Crippen LogP contribution in [0, 0.1) is 18.3 Å². The van der Waals surface area contributed by atoms with E-state index in [1.54, 1.807) is 12.1 Å². The van der Waals surface area contributed by atoms with Crippen molar-refractivity contribution in [3.63, 3.8) is 0 Å². The number of alkyl halides is 1. The topological polar surface area (TPSA) is 118 Å². The second kappa shape index (κ2) is 6.45. The molecule has 122 valence electrons. The molecule has 0 aliphatic heterocycles. The van der Waals surface area contributed by atoms with E-state index in [4.69, 9.17) is 11.0 Å². The minimum Gasteiger partial charge on any atom is -0.383 e. The van der Waals surface area contributed by atoms with E-state index >= 15 is 0 Å². The Bertz CT molecular complexity index is 927. The third-order valence-electron chi connectivity index (χ3n) is 3.59. The van der Waals surface area contributed by atoms with Crippen molar-refractivity contribution in [3.05, 3.63) is 41.0 Å². The van der Waals surface area contributed by atoms with Crippen molar-refractivity contribution < 1.29 is 4.39 Å². The normalized spacial score (nSPS) is 10.7. The predicted octanol–water partition coefficient (Wildman–Crippen LogP) is 1.25. The van der Waals surface area contributed by atoms with Gasteiger partial charge in [-0.05, 0) is 19.1 Å². The molecule has 0 saturated heterocycles. The summed E-state index contributed by atoms with van der Waals surface area (Å²) < 4.78 is 13.8. The van der Waals surface area contributed by atoms with Gasteiger partial charge in [-0.2, -0.15) is 19.9 Å². The largest absolute Gasteiger partial charge is 0.383 e. The van der Waals surface area contributed by atoms with E-state index in [0.29, 0.717) is 35.1 Å². The molecule has 3 heterocycles. The third-order valence-corrected chi connectivity index (χ3v) is 3.59. The number of rotatable bonds is 5. The molecule has 24 heavy (non-hydrogen) atoms. The van der Waals surface area contributed by atoms with Gasteiger partial charge in [-0.15, -0.1) is 0 Å². The Morgan fingerprint density at radius 3 is 2.96 bits per heavy atom. The van der Waals surface area contributed by atoms with E-state index in [1.807, 2.05) is 13.0 Å². The maximum atomic E-state index is 12.4. The number of halogens is 1. The summed E-state index contributed by atoms with van der Waals surface area (Å²) in [5.41, 5.74) is 8.72. The number of hydrogen-bond acceptors (Lipinski definition) is 7. The molecular formula is C15H15FN8. The van der Waals surface area contributed by atoms with Crippen molar-refractivity contribution >= 4 is 17.4 Å². The van der Waals surface area contributed by atoms with E-state index in [9.17, 15) is 4.39 Å². The number of hydrogen-bond donors (Lipinski definition) is 2. The monoisotopic (exact) mass is 326 g/mol. The second-order valence-corrected chi connectivity index (χ2v) is 5.14. The number of nitrogens with one attached hydrogen (secondary N) is 1. The average molecular weight is 326 g/mol. The lowest BCUT2D eigenvalue weighted by Gasteiger charge is -2.11. The quantitative estimate of drug-likeness (QED) is 0.724. The van der Waals surface area contributed by atoms with Crippen molar-refractivity contribution in [1.29, 1.82) is 5.26 Å². The number of aryl methyl sites for hydroxylation is 1. The molecule has 3 N–H and O–H groups in total.